The third-order valence-corrected chi connectivity index (χ3v) is 3.36. The van der Waals surface area contributed by atoms with Crippen molar-refractivity contribution in [3.8, 4) is 0 Å². The second-order valence-corrected chi connectivity index (χ2v) is 6.64. The maximum absolute atomic E-state index is 11.4. The van der Waals surface area contributed by atoms with E-state index in [1.54, 1.807) is 11.8 Å². The van der Waals surface area contributed by atoms with Crippen LogP contribution in [0.5, 0.6) is 0 Å². The van der Waals surface area contributed by atoms with Crippen LogP contribution in [0.1, 0.15) is 39.5 Å². The number of carboxylic acids is 2. The Balaban J connectivity index is -0.000000482. The Bertz CT molecular complexity index is 432. The molecule has 0 saturated heterocycles. The summed E-state index contributed by atoms with van der Waals surface area (Å²) in [7, 11) is 1.00. The molecule has 0 aromatic rings. The second-order valence-electron chi connectivity index (χ2n) is 5.65. The summed E-state index contributed by atoms with van der Waals surface area (Å²) >= 11 is 1.58. The molecule has 27 heavy (non-hydrogen) atoms. The van der Waals surface area contributed by atoms with E-state index in [0.717, 1.165) is 12.9 Å². The molecule has 0 aromatic carbocycles. The standard InChI is InChI=1S/C11H22N2O3S.C4H6O4.CH4O/c1-7(2)6-9(13)11(15)16-10(14)8(12)4-5-17-3;5-3(6)1-2-4(7)8;1-2/h7-9H,4-6,12-13H2,1-3H3;1-2H2,(H,5,6)(H,7,8);2H,1H3/t8-,9-;;/m0../s1. The topological polar surface area (TPSA) is 190 Å². The molecule has 0 amide bonds. The Kier molecular flexibility index (Phi) is 21.2. The largest absolute Gasteiger partial charge is 0.481 e. The molecule has 0 saturated carbocycles. The SMILES string of the molecule is CO.CSCC[C@H](N)C(=O)OC(=O)[C@@H](N)CC(C)C.O=C(O)CCC(=O)O. The molecule has 0 radical (unpaired) electrons. The zero-order chi connectivity index (χ0) is 22.0. The number of carbonyl (C=O) groups excluding carboxylic acids is 2. The van der Waals surface area contributed by atoms with Gasteiger partial charge in [-0.3, -0.25) is 9.59 Å². The van der Waals surface area contributed by atoms with Gasteiger partial charge in [0.1, 0.15) is 12.1 Å². The first-order chi connectivity index (χ1) is 12.5. The van der Waals surface area contributed by atoms with E-state index in [0.29, 0.717) is 12.8 Å². The molecule has 0 fully saturated rings. The number of hydrogen-bond donors (Lipinski definition) is 5. The molecule has 0 rings (SSSR count). The number of aliphatic hydroxyl groups is 1. The van der Waals surface area contributed by atoms with Crippen molar-refractivity contribution in [2.45, 2.75) is 51.6 Å². The molecular weight excluding hydrogens is 380 g/mol. The van der Waals surface area contributed by atoms with Crippen LogP contribution >= 0.6 is 11.8 Å². The summed E-state index contributed by atoms with van der Waals surface area (Å²) < 4.78 is 4.63. The smallest absolute Gasteiger partial charge is 0.330 e. The highest BCUT2D eigenvalue weighted by molar-refractivity contribution is 7.98. The van der Waals surface area contributed by atoms with Crippen molar-refractivity contribution in [3.05, 3.63) is 0 Å². The van der Waals surface area contributed by atoms with E-state index < -0.39 is 36.0 Å². The summed E-state index contributed by atoms with van der Waals surface area (Å²) in [6.45, 7) is 3.89. The molecule has 160 valence electrons. The molecule has 0 heterocycles. The Morgan fingerprint density at radius 3 is 1.67 bits per heavy atom. The van der Waals surface area contributed by atoms with Crippen molar-refractivity contribution in [2.75, 3.05) is 19.1 Å². The van der Waals surface area contributed by atoms with Gasteiger partial charge in [0.05, 0.1) is 12.8 Å². The van der Waals surface area contributed by atoms with Gasteiger partial charge in [0.2, 0.25) is 0 Å². The summed E-state index contributed by atoms with van der Waals surface area (Å²) in [4.78, 5) is 42.1. The molecule has 0 aromatic heterocycles. The van der Waals surface area contributed by atoms with Gasteiger partial charge in [-0.1, -0.05) is 13.8 Å². The maximum atomic E-state index is 11.4. The van der Waals surface area contributed by atoms with Crippen LogP contribution < -0.4 is 11.5 Å². The van der Waals surface area contributed by atoms with Crippen molar-refractivity contribution in [3.63, 3.8) is 0 Å². The van der Waals surface area contributed by atoms with Crippen LogP contribution in [0.2, 0.25) is 0 Å². The number of carboxylic acid groups (broad SMARTS) is 2. The minimum Gasteiger partial charge on any atom is -0.481 e. The summed E-state index contributed by atoms with van der Waals surface area (Å²) in [5, 5.41) is 22.8. The summed E-state index contributed by atoms with van der Waals surface area (Å²) in [5.41, 5.74) is 11.2. The molecule has 0 spiro atoms. The predicted molar refractivity (Wildman–Crippen MR) is 102 cm³/mol. The molecule has 0 aliphatic carbocycles. The highest BCUT2D eigenvalue weighted by atomic mass is 32.2. The summed E-state index contributed by atoms with van der Waals surface area (Å²) in [6.07, 6.45) is 2.31. The number of hydrogen-bond acceptors (Lipinski definition) is 9. The number of thioether (sulfide) groups is 1. The number of rotatable bonds is 10. The molecule has 2 atom stereocenters. The summed E-state index contributed by atoms with van der Waals surface area (Å²) in [5.74, 6) is -2.51. The first kappa shape index (κ1) is 30.1. The minimum absolute atomic E-state index is 0.276. The van der Waals surface area contributed by atoms with Gasteiger partial charge in [-0.05, 0) is 30.8 Å². The van der Waals surface area contributed by atoms with Crippen LogP contribution in [0.25, 0.3) is 0 Å². The lowest BCUT2D eigenvalue weighted by molar-refractivity contribution is -0.161. The minimum atomic E-state index is -1.08. The summed E-state index contributed by atoms with van der Waals surface area (Å²) in [6, 6.07) is -1.51. The number of nitrogens with two attached hydrogens (primary N) is 2. The normalized spacial score (nSPS) is 11.9. The first-order valence-corrected chi connectivity index (χ1v) is 9.54. The van der Waals surface area contributed by atoms with Gasteiger partial charge in [-0.15, -0.1) is 0 Å². The lowest BCUT2D eigenvalue weighted by atomic mass is 10.1. The molecule has 0 aliphatic heterocycles. The third kappa shape index (κ3) is 22.3. The number of esters is 2. The van der Waals surface area contributed by atoms with Gasteiger partial charge >= 0.3 is 23.9 Å². The fourth-order valence-electron chi connectivity index (χ4n) is 1.43. The molecule has 10 nitrogen and oxygen atoms in total. The Morgan fingerprint density at radius 2 is 1.33 bits per heavy atom. The van der Waals surface area contributed by atoms with Crippen molar-refractivity contribution in [1.82, 2.24) is 0 Å². The Hall–Kier alpha value is -1.69. The van der Waals surface area contributed by atoms with E-state index >= 15 is 0 Å². The first-order valence-electron chi connectivity index (χ1n) is 8.15. The lowest BCUT2D eigenvalue weighted by Gasteiger charge is -2.14. The van der Waals surface area contributed by atoms with E-state index in [1.165, 1.54) is 0 Å². The third-order valence-electron chi connectivity index (χ3n) is 2.72. The van der Waals surface area contributed by atoms with Gasteiger partial charge in [0.15, 0.2) is 0 Å². The molecule has 0 aliphatic rings. The predicted octanol–water partition coefficient (Wildman–Crippen LogP) is 0.0543. The molecule has 11 heteroatoms. The quantitative estimate of drug-likeness (QED) is 0.241. The highest BCUT2D eigenvalue weighted by Gasteiger charge is 2.23. The monoisotopic (exact) mass is 412 g/mol. The van der Waals surface area contributed by atoms with Crippen LogP contribution in [-0.4, -0.2) is 70.4 Å². The Morgan fingerprint density at radius 1 is 0.926 bits per heavy atom. The van der Waals surface area contributed by atoms with E-state index in [1.807, 2.05) is 20.1 Å². The second kappa shape index (κ2) is 19.1. The van der Waals surface area contributed by atoms with Gasteiger partial charge in [-0.25, -0.2) is 9.59 Å². The van der Waals surface area contributed by atoms with Gasteiger partial charge in [0, 0.05) is 7.11 Å². The van der Waals surface area contributed by atoms with Crippen LogP contribution in [0, 0.1) is 5.92 Å². The van der Waals surface area contributed by atoms with E-state index in [-0.39, 0.29) is 18.8 Å². The fraction of sp³-hybridized carbons (Fsp3) is 0.750. The number of aliphatic hydroxyl groups excluding tert-OH is 1. The zero-order valence-corrected chi connectivity index (χ0v) is 17.0. The van der Waals surface area contributed by atoms with Gasteiger partial charge in [-0.2, -0.15) is 11.8 Å². The maximum Gasteiger partial charge on any atom is 0.330 e. The lowest BCUT2D eigenvalue weighted by Crippen LogP contribution is -2.40. The molecule has 7 N–H and O–H groups in total. The molecule has 0 unspecified atom stereocenters. The average molecular weight is 413 g/mol. The fourth-order valence-corrected chi connectivity index (χ4v) is 1.92. The van der Waals surface area contributed by atoms with E-state index in [2.05, 4.69) is 4.74 Å². The van der Waals surface area contributed by atoms with Crippen LogP contribution in [-0.2, 0) is 23.9 Å². The number of ether oxygens (including phenoxy) is 1. The molecule has 0 bridgehead atoms. The Labute approximate surface area is 163 Å². The van der Waals surface area contributed by atoms with Gasteiger partial charge in [0.25, 0.3) is 0 Å². The van der Waals surface area contributed by atoms with Crippen molar-refractivity contribution in [1.29, 1.82) is 0 Å². The van der Waals surface area contributed by atoms with Crippen LogP contribution in [0.15, 0.2) is 0 Å². The molecular formula is C16H32N2O8S. The van der Waals surface area contributed by atoms with E-state index in [4.69, 9.17) is 26.8 Å². The van der Waals surface area contributed by atoms with Crippen LogP contribution in [0.3, 0.4) is 0 Å². The zero-order valence-electron chi connectivity index (χ0n) is 16.2. The van der Waals surface area contributed by atoms with E-state index in [9.17, 15) is 19.2 Å². The number of carbonyl (C=O) groups is 4. The van der Waals surface area contributed by atoms with Crippen LogP contribution in [0.4, 0.5) is 0 Å². The van der Waals surface area contributed by atoms with Crippen molar-refractivity contribution in [2.24, 2.45) is 17.4 Å². The van der Waals surface area contributed by atoms with Crippen molar-refractivity contribution < 1.29 is 39.2 Å². The number of aliphatic carboxylic acids is 2. The highest BCUT2D eigenvalue weighted by Crippen LogP contribution is 2.06. The average Bonchev–Trinajstić information content (AvgIpc) is 2.59. The van der Waals surface area contributed by atoms with Gasteiger partial charge < -0.3 is 31.5 Å². The van der Waals surface area contributed by atoms with Crippen molar-refractivity contribution >= 4 is 35.6 Å².